The Balaban J connectivity index is 1.61. The van der Waals surface area contributed by atoms with E-state index in [2.05, 4.69) is 20.3 Å². The van der Waals surface area contributed by atoms with Crippen LogP contribution in [0.15, 0.2) is 82.4 Å². The summed E-state index contributed by atoms with van der Waals surface area (Å²) in [5, 5.41) is 1.77. The van der Waals surface area contributed by atoms with Gasteiger partial charge in [0.2, 0.25) is 0 Å². The zero-order valence-electron chi connectivity index (χ0n) is 14.7. The Bertz CT molecular complexity index is 1350. The number of carbonyl (C=O) groups excluding carboxylic acids is 1. The standard InChI is InChI=1S/C22H14BrN3OS/c23-15-11-9-14(10-12-15)20(27)13-28-22-25-17-6-2-1-5-16(17)21-24-18-7-3-4-8-19(18)26(21)22/h1-12H,13H2. The van der Waals surface area contributed by atoms with Crippen molar-refractivity contribution in [2.75, 3.05) is 5.75 Å². The number of hydrogen-bond donors (Lipinski definition) is 0. The van der Waals surface area contributed by atoms with Crippen LogP contribution in [0.5, 0.6) is 0 Å². The molecule has 3 aromatic carbocycles. The van der Waals surface area contributed by atoms with Crippen molar-refractivity contribution in [2.45, 2.75) is 5.16 Å². The van der Waals surface area contributed by atoms with Gasteiger partial charge in [0, 0.05) is 15.4 Å². The summed E-state index contributed by atoms with van der Waals surface area (Å²) in [5.74, 6) is 0.388. The quantitative estimate of drug-likeness (QED) is 0.199. The van der Waals surface area contributed by atoms with Gasteiger partial charge in [0.15, 0.2) is 10.9 Å². The lowest BCUT2D eigenvalue weighted by atomic mass is 10.2. The van der Waals surface area contributed by atoms with Crippen LogP contribution in [0.2, 0.25) is 0 Å². The minimum absolute atomic E-state index is 0.0741. The number of benzene rings is 3. The number of hydrogen-bond acceptors (Lipinski definition) is 4. The van der Waals surface area contributed by atoms with E-state index >= 15 is 0 Å². The number of rotatable bonds is 4. The van der Waals surface area contributed by atoms with Gasteiger partial charge < -0.3 is 0 Å². The lowest BCUT2D eigenvalue weighted by molar-refractivity contribution is 0.102. The van der Waals surface area contributed by atoms with E-state index in [0.29, 0.717) is 11.3 Å². The Kier molecular flexibility index (Phi) is 4.37. The molecule has 5 aromatic rings. The number of nitrogens with zero attached hydrogens (tertiary/aromatic N) is 3. The van der Waals surface area contributed by atoms with E-state index in [1.54, 1.807) is 0 Å². The summed E-state index contributed by atoms with van der Waals surface area (Å²) in [6.45, 7) is 0. The number of halogens is 1. The van der Waals surface area contributed by atoms with Crippen molar-refractivity contribution < 1.29 is 4.79 Å². The van der Waals surface area contributed by atoms with E-state index in [1.165, 1.54) is 11.8 Å². The fourth-order valence-electron chi connectivity index (χ4n) is 3.26. The van der Waals surface area contributed by atoms with Gasteiger partial charge in [0.05, 0.1) is 22.3 Å². The van der Waals surface area contributed by atoms with E-state index in [9.17, 15) is 4.79 Å². The molecule has 2 heterocycles. The number of ketones is 1. The molecule has 0 radical (unpaired) electrons. The molecule has 6 heteroatoms. The molecule has 0 bridgehead atoms. The van der Waals surface area contributed by atoms with Gasteiger partial charge in [-0.1, -0.05) is 64.1 Å². The first-order valence-corrected chi connectivity index (χ1v) is 10.6. The Morgan fingerprint density at radius 3 is 2.43 bits per heavy atom. The summed E-state index contributed by atoms with van der Waals surface area (Å²) in [7, 11) is 0. The minimum atomic E-state index is 0.0741. The van der Waals surface area contributed by atoms with E-state index in [4.69, 9.17) is 9.97 Å². The van der Waals surface area contributed by atoms with E-state index in [0.717, 1.165) is 37.2 Å². The highest BCUT2D eigenvalue weighted by atomic mass is 79.9. The van der Waals surface area contributed by atoms with Crippen molar-refractivity contribution in [1.29, 1.82) is 0 Å². The molecular formula is C22H14BrN3OS. The summed E-state index contributed by atoms with van der Waals surface area (Å²) in [6.07, 6.45) is 0. The summed E-state index contributed by atoms with van der Waals surface area (Å²) < 4.78 is 3.01. The number of Topliss-reactive ketones (excluding diaryl/α,β-unsaturated/α-hetero) is 1. The number of aromatic nitrogens is 3. The molecule has 0 aliphatic carbocycles. The molecule has 0 saturated heterocycles. The topological polar surface area (TPSA) is 47.3 Å². The highest BCUT2D eigenvalue weighted by Gasteiger charge is 2.15. The molecule has 28 heavy (non-hydrogen) atoms. The van der Waals surface area contributed by atoms with E-state index in [-0.39, 0.29) is 5.78 Å². The second-order valence-electron chi connectivity index (χ2n) is 6.39. The highest BCUT2D eigenvalue weighted by Crippen LogP contribution is 2.29. The molecule has 0 unspecified atom stereocenters. The third-order valence-electron chi connectivity index (χ3n) is 4.61. The lowest BCUT2D eigenvalue weighted by Crippen LogP contribution is -2.04. The van der Waals surface area contributed by atoms with Gasteiger partial charge >= 0.3 is 0 Å². The second-order valence-corrected chi connectivity index (χ2v) is 8.25. The molecule has 0 fully saturated rings. The van der Waals surface area contributed by atoms with Crippen LogP contribution in [0.4, 0.5) is 0 Å². The van der Waals surface area contributed by atoms with Crippen molar-refractivity contribution in [3.63, 3.8) is 0 Å². The number of thioether (sulfide) groups is 1. The van der Waals surface area contributed by atoms with Crippen molar-refractivity contribution in [1.82, 2.24) is 14.4 Å². The smallest absolute Gasteiger partial charge is 0.175 e. The molecule has 2 aromatic heterocycles. The fourth-order valence-corrected chi connectivity index (χ4v) is 4.43. The van der Waals surface area contributed by atoms with Crippen LogP contribution in [-0.2, 0) is 0 Å². The van der Waals surface area contributed by atoms with Gasteiger partial charge in [-0.3, -0.25) is 9.20 Å². The molecule has 4 nitrogen and oxygen atoms in total. The van der Waals surface area contributed by atoms with Gasteiger partial charge in [-0.2, -0.15) is 0 Å². The number of para-hydroxylation sites is 3. The first kappa shape index (κ1) is 17.4. The molecule has 0 saturated carbocycles. The molecule has 0 spiro atoms. The normalized spacial score (nSPS) is 11.5. The predicted molar refractivity (Wildman–Crippen MR) is 117 cm³/mol. The van der Waals surface area contributed by atoms with Gasteiger partial charge in [-0.25, -0.2) is 9.97 Å². The largest absolute Gasteiger partial charge is 0.293 e. The Labute approximate surface area is 173 Å². The van der Waals surface area contributed by atoms with Crippen LogP contribution in [0.1, 0.15) is 10.4 Å². The molecule has 0 aliphatic rings. The predicted octanol–water partition coefficient (Wildman–Crippen LogP) is 5.77. The number of fused-ring (bicyclic) bond motifs is 5. The van der Waals surface area contributed by atoms with Crippen molar-refractivity contribution >= 4 is 61.1 Å². The third kappa shape index (κ3) is 2.99. The zero-order chi connectivity index (χ0) is 19.1. The maximum absolute atomic E-state index is 12.6. The average Bonchev–Trinajstić information content (AvgIpc) is 3.12. The Morgan fingerprint density at radius 1 is 0.893 bits per heavy atom. The van der Waals surface area contributed by atoms with Gasteiger partial charge in [0.25, 0.3) is 0 Å². The summed E-state index contributed by atoms with van der Waals surface area (Å²) in [6, 6.07) is 23.4. The summed E-state index contributed by atoms with van der Waals surface area (Å²) in [4.78, 5) is 22.3. The van der Waals surface area contributed by atoms with Crippen LogP contribution in [-0.4, -0.2) is 25.9 Å². The lowest BCUT2D eigenvalue weighted by Gasteiger charge is -2.08. The number of carbonyl (C=O) groups is 1. The molecule has 136 valence electrons. The van der Waals surface area contributed by atoms with E-state index in [1.807, 2.05) is 72.8 Å². The van der Waals surface area contributed by atoms with Crippen molar-refractivity contribution in [2.24, 2.45) is 0 Å². The maximum Gasteiger partial charge on any atom is 0.175 e. The second kappa shape index (κ2) is 7.04. The Morgan fingerprint density at radius 2 is 1.61 bits per heavy atom. The highest BCUT2D eigenvalue weighted by molar-refractivity contribution is 9.10. The molecular weight excluding hydrogens is 434 g/mol. The Hall–Kier alpha value is -2.70. The van der Waals surface area contributed by atoms with E-state index < -0.39 is 0 Å². The van der Waals surface area contributed by atoms with Gasteiger partial charge in [0.1, 0.15) is 5.65 Å². The monoisotopic (exact) mass is 447 g/mol. The van der Waals surface area contributed by atoms with Crippen LogP contribution in [0.3, 0.4) is 0 Å². The molecule has 5 rings (SSSR count). The van der Waals surface area contributed by atoms with Crippen LogP contribution in [0, 0.1) is 0 Å². The molecule has 0 aliphatic heterocycles. The molecule has 0 N–H and O–H groups in total. The van der Waals surface area contributed by atoms with Gasteiger partial charge in [-0.05, 0) is 36.4 Å². The van der Waals surface area contributed by atoms with Crippen LogP contribution in [0.25, 0.3) is 27.6 Å². The first-order chi connectivity index (χ1) is 13.7. The molecule has 0 amide bonds. The summed E-state index contributed by atoms with van der Waals surface area (Å²) >= 11 is 4.84. The van der Waals surface area contributed by atoms with Crippen LogP contribution < -0.4 is 0 Å². The summed E-state index contributed by atoms with van der Waals surface area (Å²) in [5.41, 5.74) is 4.36. The van der Waals surface area contributed by atoms with Crippen molar-refractivity contribution in [3.8, 4) is 0 Å². The first-order valence-electron chi connectivity index (χ1n) is 8.78. The third-order valence-corrected chi connectivity index (χ3v) is 6.08. The number of imidazole rings is 1. The molecule has 0 atom stereocenters. The average molecular weight is 448 g/mol. The zero-order valence-corrected chi connectivity index (χ0v) is 17.1. The fraction of sp³-hybridized carbons (Fsp3) is 0.0455. The van der Waals surface area contributed by atoms with Crippen LogP contribution >= 0.6 is 27.7 Å². The van der Waals surface area contributed by atoms with Gasteiger partial charge in [-0.15, -0.1) is 0 Å². The SMILES string of the molecule is O=C(CSc1nc2ccccc2c2nc3ccccc3n12)c1ccc(Br)cc1. The minimum Gasteiger partial charge on any atom is -0.293 e. The maximum atomic E-state index is 12.6. The van der Waals surface area contributed by atoms with Crippen molar-refractivity contribution in [3.05, 3.63) is 82.8 Å².